The van der Waals surface area contributed by atoms with Crippen molar-refractivity contribution in [3.05, 3.63) is 28.2 Å². The summed E-state index contributed by atoms with van der Waals surface area (Å²) < 4.78 is 0.650. The Morgan fingerprint density at radius 2 is 2.12 bits per heavy atom. The molecule has 5 nitrogen and oxygen atoms in total. The lowest BCUT2D eigenvalue weighted by Gasteiger charge is -2.08. The van der Waals surface area contributed by atoms with Gasteiger partial charge in [-0.05, 0) is 25.2 Å². The maximum absolute atomic E-state index is 11.3. The fraction of sp³-hybridized carbons (Fsp3) is 0.200. The monoisotopic (exact) mass is 286 g/mol. The second kappa shape index (κ2) is 5.62. The van der Waals surface area contributed by atoms with Gasteiger partial charge in [-0.3, -0.25) is 4.79 Å². The van der Waals surface area contributed by atoms with Crippen molar-refractivity contribution in [1.29, 1.82) is 0 Å². The normalized spacial score (nSPS) is 9.88. The molecular formula is C10H11BrN2O3. The number of likely N-dealkylation sites (N-methyl/N-ethyl adjacent to an activating group) is 1. The summed E-state index contributed by atoms with van der Waals surface area (Å²) in [7, 11) is 1.64. The molecule has 1 aromatic carbocycles. The van der Waals surface area contributed by atoms with Crippen LogP contribution in [0.2, 0.25) is 0 Å². The molecule has 0 aromatic heterocycles. The van der Waals surface area contributed by atoms with Crippen molar-refractivity contribution in [2.45, 2.75) is 0 Å². The molecule has 0 aliphatic heterocycles. The van der Waals surface area contributed by atoms with Crippen LogP contribution in [0.25, 0.3) is 0 Å². The van der Waals surface area contributed by atoms with Crippen molar-refractivity contribution in [3.8, 4) is 0 Å². The quantitative estimate of drug-likeness (QED) is 0.780. The molecule has 0 fully saturated rings. The van der Waals surface area contributed by atoms with Crippen LogP contribution in [0, 0.1) is 0 Å². The minimum Gasteiger partial charge on any atom is -0.478 e. The van der Waals surface area contributed by atoms with Gasteiger partial charge in [0.05, 0.1) is 17.8 Å². The number of carboxylic acids is 1. The lowest BCUT2D eigenvalue weighted by atomic mass is 10.2. The highest BCUT2D eigenvalue weighted by atomic mass is 79.9. The fourth-order valence-electron chi connectivity index (χ4n) is 1.16. The van der Waals surface area contributed by atoms with E-state index in [-0.39, 0.29) is 23.7 Å². The summed E-state index contributed by atoms with van der Waals surface area (Å²) in [6.07, 6.45) is 0. The third-order valence-electron chi connectivity index (χ3n) is 1.82. The number of hydrogen-bond donors (Lipinski definition) is 3. The molecule has 16 heavy (non-hydrogen) atoms. The van der Waals surface area contributed by atoms with Gasteiger partial charge in [-0.15, -0.1) is 0 Å². The van der Waals surface area contributed by atoms with E-state index >= 15 is 0 Å². The molecule has 0 unspecified atom stereocenters. The molecule has 0 saturated heterocycles. The molecule has 1 amide bonds. The summed E-state index contributed by atoms with van der Waals surface area (Å²) in [5, 5.41) is 14.1. The van der Waals surface area contributed by atoms with Crippen molar-refractivity contribution in [2.75, 3.05) is 18.9 Å². The Hall–Kier alpha value is -1.40. The highest BCUT2D eigenvalue weighted by Crippen LogP contribution is 2.20. The molecular weight excluding hydrogens is 276 g/mol. The lowest BCUT2D eigenvalue weighted by Crippen LogP contribution is -2.25. The van der Waals surface area contributed by atoms with E-state index < -0.39 is 5.97 Å². The van der Waals surface area contributed by atoms with Crippen molar-refractivity contribution >= 4 is 33.5 Å². The largest absolute Gasteiger partial charge is 0.478 e. The van der Waals surface area contributed by atoms with Crippen LogP contribution in [-0.2, 0) is 4.79 Å². The number of carbonyl (C=O) groups excluding carboxylic acids is 1. The molecule has 6 heteroatoms. The summed E-state index contributed by atoms with van der Waals surface area (Å²) in [6.45, 7) is 0.134. The van der Waals surface area contributed by atoms with E-state index in [4.69, 9.17) is 5.11 Å². The summed E-state index contributed by atoms with van der Waals surface area (Å²) in [5.74, 6) is -1.37. The van der Waals surface area contributed by atoms with E-state index in [0.717, 1.165) is 0 Å². The molecule has 1 aromatic rings. The maximum Gasteiger partial charge on any atom is 0.337 e. The zero-order valence-corrected chi connectivity index (χ0v) is 10.2. The van der Waals surface area contributed by atoms with Crippen LogP contribution in [0.4, 0.5) is 5.69 Å². The first kappa shape index (κ1) is 12.7. The second-order valence-corrected chi connectivity index (χ2v) is 3.99. The van der Waals surface area contributed by atoms with Gasteiger partial charge in [0.1, 0.15) is 0 Å². The van der Waals surface area contributed by atoms with Crippen LogP contribution < -0.4 is 10.6 Å². The Morgan fingerprint density at radius 3 is 2.69 bits per heavy atom. The number of halogens is 1. The number of rotatable bonds is 4. The van der Waals surface area contributed by atoms with Gasteiger partial charge in [-0.25, -0.2) is 4.79 Å². The summed E-state index contributed by atoms with van der Waals surface area (Å²) in [5.41, 5.74) is 0.342. The number of carbonyl (C=O) groups is 2. The fourth-order valence-corrected chi connectivity index (χ4v) is 1.52. The average Bonchev–Trinajstić information content (AvgIpc) is 2.20. The number of nitrogens with one attached hydrogen (secondary N) is 2. The Morgan fingerprint density at radius 1 is 1.44 bits per heavy atom. The minimum absolute atomic E-state index is 0.0545. The number of anilines is 1. The molecule has 0 heterocycles. The summed E-state index contributed by atoms with van der Waals surface area (Å²) in [4.78, 5) is 22.2. The highest BCUT2D eigenvalue weighted by molar-refractivity contribution is 9.10. The van der Waals surface area contributed by atoms with Gasteiger partial charge in [-0.1, -0.05) is 15.9 Å². The molecule has 0 bridgehead atoms. The van der Waals surface area contributed by atoms with Gasteiger partial charge in [0.25, 0.3) is 0 Å². The number of benzene rings is 1. The topological polar surface area (TPSA) is 78.4 Å². The molecule has 1 rings (SSSR count). The maximum atomic E-state index is 11.3. The van der Waals surface area contributed by atoms with E-state index in [1.54, 1.807) is 19.2 Å². The Bertz CT molecular complexity index is 421. The Balaban J connectivity index is 2.95. The first-order valence-corrected chi connectivity index (χ1v) is 5.31. The van der Waals surface area contributed by atoms with E-state index in [1.807, 2.05) is 0 Å². The molecule has 86 valence electrons. The smallest absolute Gasteiger partial charge is 0.337 e. The van der Waals surface area contributed by atoms with Crippen molar-refractivity contribution in [2.24, 2.45) is 0 Å². The van der Waals surface area contributed by atoms with Gasteiger partial charge < -0.3 is 15.7 Å². The number of aromatic carboxylic acids is 1. The van der Waals surface area contributed by atoms with Gasteiger partial charge in [0.2, 0.25) is 5.91 Å². The zero-order chi connectivity index (χ0) is 12.1. The van der Waals surface area contributed by atoms with Crippen molar-refractivity contribution in [3.63, 3.8) is 0 Å². The van der Waals surface area contributed by atoms with Crippen LogP contribution in [0.1, 0.15) is 10.4 Å². The van der Waals surface area contributed by atoms with Gasteiger partial charge in [-0.2, -0.15) is 0 Å². The summed E-state index contributed by atoms with van der Waals surface area (Å²) >= 11 is 3.17. The minimum atomic E-state index is -1.08. The standard InChI is InChI=1S/C10H11BrN2O3/c1-12-5-9(14)13-8-3-2-6(11)4-7(8)10(15)16/h2-4,12H,5H2,1H3,(H,13,14)(H,15,16). The third-order valence-corrected chi connectivity index (χ3v) is 2.32. The van der Waals surface area contributed by atoms with Gasteiger partial charge in [0, 0.05) is 4.47 Å². The van der Waals surface area contributed by atoms with Crippen LogP contribution in [-0.4, -0.2) is 30.6 Å². The van der Waals surface area contributed by atoms with Crippen LogP contribution >= 0.6 is 15.9 Å². The van der Waals surface area contributed by atoms with Crippen molar-refractivity contribution in [1.82, 2.24) is 5.32 Å². The first-order valence-electron chi connectivity index (χ1n) is 4.52. The number of hydrogen-bond acceptors (Lipinski definition) is 3. The van der Waals surface area contributed by atoms with Crippen LogP contribution in [0.3, 0.4) is 0 Å². The number of carboxylic acid groups (broad SMARTS) is 1. The lowest BCUT2D eigenvalue weighted by molar-refractivity contribution is -0.115. The van der Waals surface area contributed by atoms with Crippen LogP contribution in [0.15, 0.2) is 22.7 Å². The third kappa shape index (κ3) is 3.32. The predicted molar refractivity (Wildman–Crippen MR) is 63.7 cm³/mol. The van der Waals surface area contributed by atoms with Crippen molar-refractivity contribution < 1.29 is 14.7 Å². The van der Waals surface area contributed by atoms with E-state index in [2.05, 4.69) is 26.6 Å². The zero-order valence-electron chi connectivity index (χ0n) is 8.58. The van der Waals surface area contributed by atoms with Gasteiger partial charge in [0.15, 0.2) is 0 Å². The Kier molecular flexibility index (Phi) is 4.45. The number of amides is 1. The SMILES string of the molecule is CNCC(=O)Nc1ccc(Br)cc1C(=O)O. The van der Waals surface area contributed by atoms with E-state index in [0.29, 0.717) is 4.47 Å². The molecule has 0 spiro atoms. The molecule has 0 atom stereocenters. The Labute approximate surface area is 101 Å². The molecule has 0 aliphatic carbocycles. The molecule has 3 N–H and O–H groups in total. The predicted octanol–water partition coefficient (Wildman–Crippen LogP) is 1.31. The van der Waals surface area contributed by atoms with Crippen LogP contribution in [0.5, 0.6) is 0 Å². The van der Waals surface area contributed by atoms with Gasteiger partial charge >= 0.3 is 5.97 Å². The summed E-state index contributed by atoms with van der Waals surface area (Å²) in [6, 6.07) is 4.65. The first-order chi connectivity index (χ1) is 7.54. The molecule has 0 saturated carbocycles. The highest BCUT2D eigenvalue weighted by Gasteiger charge is 2.12. The average molecular weight is 287 g/mol. The second-order valence-electron chi connectivity index (χ2n) is 3.07. The van der Waals surface area contributed by atoms with E-state index in [1.165, 1.54) is 6.07 Å². The van der Waals surface area contributed by atoms with E-state index in [9.17, 15) is 9.59 Å². The molecule has 0 radical (unpaired) electrons. The molecule has 0 aliphatic rings.